The third-order valence-corrected chi connectivity index (χ3v) is 4.54. The van der Waals surface area contributed by atoms with Gasteiger partial charge in [0.15, 0.2) is 5.78 Å². The molecule has 0 saturated heterocycles. The lowest BCUT2D eigenvalue weighted by atomic mass is 9.75. The van der Waals surface area contributed by atoms with E-state index in [1.807, 2.05) is 6.92 Å². The van der Waals surface area contributed by atoms with Crippen LogP contribution in [0.25, 0.3) is 0 Å². The third-order valence-electron chi connectivity index (χ3n) is 4.21. The summed E-state index contributed by atoms with van der Waals surface area (Å²) in [4.78, 5) is 24.0. The van der Waals surface area contributed by atoms with Crippen molar-refractivity contribution in [1.82, 2.24) is 0 Å². The minimum atomic E-state index is -0.940. The topological polar surface area (TPSA) is 80.4 Å². The van der Waals surface area contributed by atoms with E-state index in [9.17, 15) is 14.7 Å². The van der Waals surface area contributed by atoms with Crippen LogP contribution < -0.4 is 5.73 Å². The summed E-state index contributed by atoms with van der Waals surface area (Å²) >= 11 is 5.91. The molecule has 2 rings (SSSR count). The van der Waals surface area contributed by atoms with E-state index in [0.29, 0.717) is 22.7 Å². The summed E-state index contributed by atoms with van der Waals surface area (Å²) in [5.41, 5.74) is 5.50. The highest BCUT2D eigenvalue weighted by atomic mass is 35.5. The second-order valence-electron chi connectivity index (χ2n) is 5.43. The quantitative estimate of drug-likeness (QED) is 0.623. The molecule has 1 aromatic carbocycles. The van der Waals surface area contributed by atoms with Crippen LogP contribution in [0, 0.1) is 11.3 Å². The van der Waals surface area contributed by atoms with E-state index in [-0.39, 0.29) is 18.1 Å². The van der Waals surface area contributed by atoms with Crippen LogP contribution in [0.2, 0.25) is 5.02 Å². The Bertz CT molecular complexity index is 554. The van der Waals surface area contributed by atoms with Crippen LogP contribution in [-0.2, 0) is 4.79 Å². The Morgan fingerprint density at radius 2 is 2.10 bits per heavy atom. The molecule has 3 N–H and O–H groups in total. The number of carboxylic acids is 1. The molecule has 1 aromatic rings. The molecule has 0 spiro atoms. The summed E-state index contributed by atoms with van der Waals surface area (Å²) in [6, 6.07) is 4.67. The number of halogens is 1. The van der Waals surface area contributed by atoms with Gasteiger partial charge in [-0.3, -0.25) is 9.59 Å². The number of aliphatic carboxylic acids is 1. The number of carboxylic acid groups (broad SMARTS) is 1. The van der Waals surface area contributed by atoms with Crippen molar-refractivity contribution in [2.45, 2.75) is 32.6 Å². The summed E-state index contributed by atoms with van der Waals surface area (Å²) in [6.07, 6.45) is 2.25. The predicted molar refractivity (Wildman–Crippen MR) is 77.9 cm³/mol. The number of carbonyl (C=O) groups excluding carboxylic acids is 1. The van der Waals surface area contributed by atoms with Crippen LogP contribution in [0.5, 0.6) is 0 Å². The number of rotatable bonds is 6. The minimum absolute atomic E-state index is 0.0176. The van der Waals surface area contributed by atoms with Crippen LogP contribution in [0.4, 0.5) is 5.69 Å². The maximum absolute atomic E-state index is 12.4. The molecular weight excluding hydrogens is 278 g/mol. The van der Waals surface area contributed by atoms with Crippen molar-refractivity contribution < 1.29 is 14.7 Å². The van der Waals surface area contributed by atoms with Crippen LogP contribution >= 0.6 is 11.6 Å². The molecule has 108 valence electrons. The van der Waals surface area contributed by atoms with Gasteiger partial charge in [-0.1, -0.05) is 18.5 Å². The fourth-order valence-corrected chi connectivity index (χ4v) is 2.87. The molecule has 20 heavy (non-hydrogen) atoms. The molecule has 1 aliphatic rings. The SMILES string of the molecule is CCC(CC(=O)c1ccc(N)c(Cl)c1)(C(=O)O)C1CC1. The summed E-state index contributed by atoms with van der Waals surface area (Å²) in [5.74, 6) is -0.960. The fraction of sp³-hybridized carbons (Fsp3) is 0.467. The monoisotopic (exact) mass is 295 g/mol. The van der Waals surface area contributed by atoms with Gasteiger partial charge in [-0.2, -0.15) is 0 Å². The van der Waals surface area contributed by atoms with Gasteiger partial charge in [0, 0.05) is 12.0 Å². The number of benzene rings is 1. The zero-order valence-electron chi connectivity index (χ0n) is 11.4. The van der Waals surface area contributed by atoms with Crippen molar-refractivity contribution in [2.24, 2.45) is 11.3 Å². The number of Topliss-reactive ketones (excluding diaryl/α,β-unsaturated/α-hetero) is 1. The zero-order valence-corrected chi connectivity index (χ0v) is 12.1. The lowest BCUT2D eigenvalue weighted by Gasteiger charge is -2.27. The Morgan fingerprint density at radius 1 is 1.45 bits per heavy atom. The standard InChI is InChI=1S/C15H18ClNO3/c1-2-15(14(19)20,10-4-5-10)8-13(18)9-3-6-12(17)11(16)7-9/h3,6-7,10H,2,4-5,8,17H2,1H3,(H,19,20). The van der Waals surface area contributed by atoms with E-state index in [2.05, 4.69) is 0 Å². The van der Waals surface area contributed by atoms with E-state index >= 15 is 0 Å². The molecule has 1 unspecified atom stereocenters. The first kappa shape index (κ1) is 14.9. The molecule has 0 aliphatic heterocycles. The number of nitrogen functional groups attached to an aromatic ring is 1. The first-order chi connectivity index (χ1) is 9.40. The molecular formula is C15H18ClNO3. The van der Waals surface area contributed by atoms with Gasteiger partial charge in [0.2, 0.25) is 0 Å². The van der Waals surface area contributed by atoms with E-state index in [1.165, 1.54) is 6.07 Å². The largest absolute Gasteiger partial charge is 0.481 e. The highest BCUT2D eigenvalue weighted by Crippen LogP contribution is 2.50. The summed E-state index contributed by atoms with van der Waals surface area (Å²) in [6.45, 7) is 1.83. The van der Waals surface area contributed by atoms with Gasteiger partial charge >= 0.3 is 5.97 Å². The van der Waals surface area contributed by atoms with Crippen molar-refractivity contribution in [3.63, 3.8) is 0 Å². The molecule has 1 fully saturated rings. The Kier molecular flexibility index (Phi) is 4.04. The third kappa shape index (κ3) is 2.66. The molecule has 0 aromatic heterocycles. The number of nitrogens with two attached hydrogens (primary N) is 1. The van der Waals surface area contributed by atoms with Crippen LogP contribution in [0.15, 0.2) is 18.2 Å². The van der Waals surface area contributed by atoms with Crippen molar-refractivity contribution in [3.05, 3.63) is 28.8 Å². The molecule has 0 bridgehead atoms. The number of hydrogen-bond acceptors (Lipinski definition) is 3. The van der Waals surface area contributed by atoms with Gasteiger partial charge in [0.1, 0.15) is 0 Å². The van der Waals surface area contributed by atoms with Crippen LogP contribution in [0.3, 0.4) is 0 Å². The number of ketones is 1. The molecule has 0 heterocycles. The lowest BCUT2D eigenvalue weighted by Crippen LogP contribution is -2.35. The molecule has 0 radical (unpaired) electrons. The number of hydrogen-bond donors (Lipinski definition) is 2. The Morgan fingerprint density at radius 3 is 2.55 bits per heavy atom. The maximum atomic E-state index is 12.4. The number of anilines is 1. The zero-order chi connectivity index (χ0) is 14.9. The van der Waals surface area contributed by atoms with Crippen LogP contribution in [0.1, 0.15) is 43.0 Å². The average molecular weight is 296 g/mol. The molecule has 4 nitrogen and oxygen atoms in total. The van der Waals surface area contributed by atoms with E-state index < -0.39 is 11.4 Å². The van der Waals surface area contributed by atoms with Crippen molar-refractivity contribution in [3.8, 4) is 0 Å². The molecule has 0 amide bonds. The van der Waals surface area contributed by atoms with Crippen LogP contribution in [-0.4, -0.2) is 16.9 Å². The van der Waals surface area contributed by atoms with Gasteiger partial charge in [-0.25, -0.2) is 0 Å². The van der Waals surface area contributed by atoms with Gasteiger partial charge in [-0.05, 0) is 43.4 Å². The highest BCUT2D eigenvalue weighted by molar-refractivity contribution is 6.33. The van der Waals surface area contributed by atoms with E-state index in [0.717, 1.165) is 12.8 Å². The van der Waals surface area contributed by atoms with E-state index in [1.54, 1.807) is 12.1 Å². The van der Waals surface area contributed by atoms with Crippen molar-refractivity contribution >= 4 is 29.0 Å². The molecule has 1 aliphatic carbocycles. The minimum Gasteiger partial charge on any atom is -0.481 e. The summed E-state index contributed by atoms with van der Waals surface area (Å²) < 4.78 is 0. The second kappa shape index (κ2) is 5.44. The van der Waals surface area contributed by atoms with Gasteiger partial charge in [0.25, 0.3) is 0 Å². The van der Waals surface area contributed by atoms with Gasteiger partial charge in [0.05, 0.1) is 16.1 Å². The smallest absolute Gasteiger partial charge is 0.310 e. The normalized spacial score (nSPS) is 17.5. The Labute approximate surface area is 122 Å². The highest BCUT2D eigenvalue weighted by Gasteiger charge is 2.50. The van der Waals surface area contributed by atoms with Gasteiger partial charge in [-0.15, -0.1) is 0 Å². The fourth-order valence-electron chi connectivity index (χ4n) is 2.68. The van der Waals surface area contributed by atoms with Crippen molar-refractivity contribution in [1.29, 1.82) is 0 Å². The second-order valence-corrected chi connectivity index (χ2v) is 5.83. The Hall–Kier alpha value is -1.55. The Balaban J connectivity index is 2.24. The number of carbonyl (C=O) groups is 2. The van der Waals surface area contributed by atoms with Crippen molar-refractivity contribution in [2.75, 3.05) is 5.73 Å². The lowest BCUT2D eigenvalue weighted by molar-refractivity contribution is -0.150. The average Bonchev–Trinajstić information content (AvgIpc) is 3.23. The summed E-state index contributed by atoms with van der Waals surface area (Å²) in [5, 5.41) is 9.85. The molecule has 1 atom stereocenters. The first-order valence-corrected chi connectivity index (χ1v) is 7.10. The first-order valence-electron chi connectivity index (χ1n) is 6.72. The molecule has 1 saturated carbocycles. The summed E-state index contributed by atoms with van der Waals surface area (Å²) in [7, 11) is 0. The van der Waals surface area contributed by atoms with Gasteiger partial charge < -0.3 is 10.8 Å². The predicted octanol–water partition coefficient (Wildman–Crippen LogP) is 3.39. The van der Waals surface area contributed by atoms with E-state index in [4.69, 9.17) is 17.3 Å². The maximum Gasteiger partial charge on any atom is 0.310 e. The molecule has 5 heteroatoms.